The van der Waals surface area contributed by atoms with Crippen LogP contribution < -0.4 is 5.32 Å². The Morgan fingerprint density at radius 1 is 1.03 bits per heavy atom. The highest BCUT2D eigenvalue weighted by molar-refractivity contribution is 7.90. The van der Waals surface area contributed by atoms with Crippen molar-refractivity contribution in [3.63, 3.8) is 0 Å². The minimum Gasteiger partial charge on any atom is -0.612 e. The first kappa shape index (κ1) is 20.9. The molecule has 6 heteroatoms. The lowest BCUT2D eigenvalue weighted by Crippen LogP contribution is -2.49. The quantitative estimate of drug-likeness (QED) is 0.745. The Morgan fingerprint density at radius 3 is 2.30 bits per heavy atom. The van der Waals surface area contributed by atoms with Crippen LogP contribution in [-0.4, -0.2) is 46.7 Å². The number of amides is 2. The molecule has 1 N–H and O–H groups in total. The molecule has 0 aromatic heterocycles. The van der Waals surface area contributed by atoms with Crippen LogP contribution in [-0.2, 0) is 16.0 Å². The van der Waals surface area contributed by atoms with Gasteiger partial charge in [0, 0.05) is 24.7 Å². The zero-order valence-corrected chi connectivity index (χ0v) is 18.3. The van der Waals surface area contributed by atoms with Crippen LogP contribution in [0.2, 0.25) is 0 Å². The van der Waals surface area contributed by atoms with Crippen molar-refractivity contribution in [3.8, 4) is 11.1 Å². The van der Waals surface area contributed by atoms with E-state index >= 15 is 0 Å². The highest BCUT2D eigenvalue weighted by Crippen LogP contribution is 2.53. The third-order valence-electron chi connectivity index (χ3n) is 6.46. The molecule has 0 bridgehead atoms. The zero-order chi connectivity index (χ0) is 21.3. The molecule has 4 rings (SSSR count). The second kappa shape index (κ2) is 8.44. The molecule has 0 radical (unpaired) electrons. The van der Waals surface area contributed by atoms with Crippen molar-refractivity contribution in [2.75, 3.05) is 19.3 Å². The van der Waals surface area contributed by atoms with Crippen LogP contribution in [0.5, 0.6) is 0 Å². The van der Waals surface area contributed by atoms with Gasteiger partial charge in [0.25, 0.3) is 5.91 Å². The largest absolute Gasteiger partial charge is 0.612 e. The zero-order valence-electron chi connectivity index (χ0n) is 17.5. The predicted octanol–water partition coefficient (Wildman–Crippen LogP) is 3.61. The van der Waals surface area contributed by atoms with Crippen molar-refractivity contribution in [1.29, 1.82) is 0 Å². The molecule has 2 fully saturated rings. The molecule has 2 aromatic carbocycles. The maximum atomic E-state index is 12.7. The number of carbonyl (C=O) groups excluding carboxylic acids is 2. The molecule has 1 heterocycles. The van der Waals surface area contributed by atoms with Crippen LogP contribution in [0.1, 0.15) is 43.0 Å². The van der Waals surface area contributed by atoms with Crippen LogP contribution in [0.15, 0.2) is 53.4 Å². The molecule has 2 unspecified atom stereocenters. The summed E-state index contributed by atoms with van der Waals surface area (Å²) in [4.78, 5) is 28.0. The molecular weight excluding hydrogens is 396 g/mol. The van der Waals surface area contributed by atoms with Gasteiger partial charge in [-0.15, -0.1) is 0 Å². The summed E-state index contributed by atoms with van der Waals surface area (Å²) in [6.45, 7) is 3.36. The maximum absolute atomic E-state index is 12.7. The van der Waals surface area contributed by atoms with Crippen LogP contribution >= 0.6 is 0 Å². The number of likely N-dealkylation sites (tertiary alicyclic amines) is 1. The smallest absolute Gasteiger partial charge is 0.251 e. The van der Waals surface area contributed by atoms with E-state index in [4.69, 9.17) is 0 Å². The Morgan fingerprint density at radius 2 is 1.70 bits per heavy atom. The maximum Gasteiger partial charge on any atom is 0.251 e. The van der Waals surface area contributed by atoms with Crippen molar-refractivity contribution in [3.05, 3.63) is 54.1 Å². The van der Waals surface area contributed by atoms with E-state index in [1.54, 1.807) is 25.3 Å². The molecule has 2 aromatic rings. The monoisotopic (exact) mass is 424 g/mol. The Hall–Kier alpha value is -2.31. The van der Waals surface area contributed by atoms with Gasteiger partial charge in [-0.05, 0) is 78.5 Å². The number of hydrogen-bond donors (Lipinski definition) is 1. The number of benzene rings is 2. The van der Waals surface area contributed by atoms with E-state index in [1.807, 2.05) is 41.3 Å². The Kier molecular flexibility index (Phi) is 5.89. The summed E-state index contributed by atoms with van der Waals surface area (Å²) in [6.07, 6.45) is 6.44. The fourth-order valence-electron chi connectivity index (χ4n) is 4.16. The van der Waals surface area contributed by atoms with Crippen LogP contribution in [0.25, 0.3) is 11.1 Å². The van der Waals surface area contributed by atoms with Gasteiger partial charge in [-0.2, -0.15) is 0 Å². The van der Waals surface area contributed by atoms with Crippen molar-refractivity contribution in [2.24, 2.45) is 5.41 Å². The van der Waals surface area contributed by atoms with Crippen molar-refractivity contribution in [2.45, 2.75) is 43.5 Å². The van der Waals surface area contributed by atoms with E-state index in [0.29, 0.717) is 11.0 Å². The summed E-state index contributed by atoms with van der Waals surface area (Å²) in [5.74, 6) is -0.249. The van der Waals surface area contributed by atoms with Gasteiger partial charge >= 0.3 is 0 Å². The van der Waals surface area contributed by atoms with Gasteiger partial charge in [0.15, 0.2) is 4.90 Å². The van der Waals surface area contributed by atoms with Gasteiger partial charge in [-0.25, -0.2) is 0 Å². The second-order valence-corrected chi connectivity index (χ2v) is 9.96. The molecule has 5 nitrogen and oxygen atoms in total. The molecule has 30 heavy (non-hydrogen) atoms. The summed E-state index contributed by atoms with van der Waals surface area (Å²) in [5, 5.41) is 2.84. The lowest BCUT2D eigenvalue weighted by atomic mass is 9.93. The first-order chi connectivity index (χ1) is 14.4. The molecular formula is C24H28N2O3S. The Labute approximate surface area is 181 Å². The summed E-state index contributed by atoms with van der Waals surface area (Å²) < 4.78 is 11.7. The van der Waals surface area contributed by atoms with Gasteiger partial charge in [0.1, 0.15) is 12.3 Å². The standard InChI is InChI=1S/C24H28N2O3S/c1-17(23(28)26-14-12-24(10-11-24)13-15-26)25-22(27)19-8-6-18(7-9-19)20-4-3-5-21(16-20)30(2)29/h3-9,16-17H,10-15H2,1-2H3,(H,25,27). The minimum absolute atomic E-state index is 0.000138. The van der Waals surface area contributed by atoms with Gasteiger partial charge in [0.05, 0.1) is 0 Å². The highest BCUT2D eigenvalue weighted by atomic mass is 32.2. The molecule has 1 saturated heterocycles. The number of hydrogen-bond acceptors (Lipinski definition) is 3. The molecule has 2 amide bonds. The molecule has 1 saturated carbocycles. The van der Waals surface area contributed by atoms with Crippen molar-refractivity contribution >= 4 is 23.0 Å². The summed E-state index contributed by atoms with van der Waals surface area (Å²) in [7, 11) is 0. The third kappa shape index (κ3) is 4.55. The SMILES string of the molecule is CC(NC(=O)c1ccc(-c2cccc([S+](C)[O-])c2)cc1)C(=O)N1CCC2(CC1)CC2. The van der Waals surface area contributed by atoms with Gasteiger partial charge in [0.2, 0.25) is 5.91 Å². The van der Waals surface area contributed by atoms with Crippen LogP contribution in [0, 0.1) is 5.41 Å². The molecule has 1 aliphatic heterocycles. The summed E-state index contributed by atoms with van der Waals surface area (Å²) >= 11 is -1.04. The topological polar surface area (TPSA) is 72.5 Å². The lowest BCUT2D eigenvalue weighted by Gasteiger charge is -2.33. The molecule has 2 atom stereocenters. The van der Waals surface area contributed by atoms with E-state index in [1.165, 1.54) is 12.8 Å². The van der Waals surface area contributed by atoms with Gasteiger partial charge in [-0.1, -0.05) is 24.3 Å². The number of rotatable bonds is 5. The minimum atomic E-state index is -1.04. The van der Waals surface area contributed by atoms with Gasteiger partial charge in [-0.3, -0.25) is 9.59 Å². The second-order valence-electron chi connectivity index (χ2n) is 8.58. The average molecular weight is 425 g/mol. The van der Waals surface area contributed by atoms with Crippen LogP contribution in [0.4, 0.5) is 0 Å². The third-order valence-corrected chi connectivity index (χ3v) is 7.38. The van der Waals surface area contributed by atoms with E-state index in [9.17, 15) is 14.1 Å². The predicted molar refractivity (Wildman–Crippen MR) is 119 cm³/mol. The number of piperidine rings is 1. The van der Waals surface area contributed by atoms with Gasteiger partial charge < -0.3 is 14.8 Å². The first-order valence-electron chi connectivity index (χ1n) is 10.5. The summed E-state index contributed by atoms with van der Waals surface area (Å²) in [6, 6.07) is 14.3. The normalized spacial score (nSPS) is 19.2. The number of nitrogens with zero attached hydrogens (tertiary/aromatic N) is 1. The summed E-state index contributed by atoms with van der Waals surface area (Å²) in [5.41, 5.74) is 2.95. The fraction of sp³-hybridized carbons (Fsp3) is 0.417. The van der Waals surface area contributed by atoms with E-state index in [-0.39, 0.29) is 11.8 Å². The molecule has 2 aliphatic rings. The van der Waals surface area contributed by atoms with Crippen LogP contribution in [0.3, 0.4) is 0 Å². The molecule has 158 valence electrons. The van der Waals surface area contributed by atoms with E-state index in [0.717, 1.165) is 42.0 Å². The Bertz CT molecular complexity index is 928. The highest BCUT2D eigenvalue weighted by Gasteiger charge is 2.45. The lowest BCUT2D eigenvalue weighted by molar-refractivity contribution is -0.134. The molecule has 1 spiro atoms. The first-order valence-corrected chi connectivity index (χ1v) is 12.1. The number of nitrogens with one attached hydrogen (secondary N) is 1. The van der Waals surface area contributed by atoms with Crippen molar-refractivity contribution in [1.82, 2.24) is 10.2 Å². The van der Waals surface area contributed by atoms with Crippen molar-refractivity contribution < 1.29 is 14.1 Å². The molecule has 1 aliphatic carbocycles. The van der Waals surface area contributed by atoms with E-state index in [2.05, 4.69) is 5.32 Å². The number of carbonyl (C=O) groups is 2. The Balaban J connectivity index is 1.36. The van der Waals surface area contributed by atoms with E-state index < -0.39 is 17.2 Å². The fourth-order valence-corrected chi connectivity index (χ4v) is 4.73. The average Bonchev–Trinajstić information content (AvgIpc) is 3.52.